The molecule has 0 aromatic rings. The van der Waals surface area contributed by atoms with Gasteiger partial charge in [0.2, 0.25) is 0 Å². The molecule has 0 amide bonds. The zero-order chi connectivity index (χ0) is 32.5. The highest BCUT2D eigenvalue weighted by Gasteiger charge is 2.14. The highest BCUT2D eigenvalue weighted by atomic mass is 16.6. The van der Waals surface area contributed by atoms with Crippen LogP contribution in [0.5, 0.6) is 0 Å². The third-order valence-electron chi connectivity index (χ3n) is 7.49. The number of esters is 3. The molecule has 0 aromatic heterocycles. The van der Waals surface area contributed by atoms with Gasteiger partial charge in [-0.25, -0.2) is 0 Å². The van der Waals surface area contributed by atoms with Gasteiger partial charge in [-0.3, -0.25) is 19.2 Å². The van der Waals surface area contributed by atoms with Crippen molar-refractivity contribution in [1.29, 1.82) is 0 Å². The zero-order valence-corrected chi connectivity index (χ0v) is 28.1. The van der Waals surface area contributed by atoms with Crippen molar-refractivity contribution in [3.63, 3.8) is 0 Å². The summed E-state index contributed by atoms with van der Waals surface area (Å²) in [6.07, 6.45) is 20.6. The first kappa shape index (κ1) is 42.0. The fourth-order valence-electron chi connectivity index (χ4n) is 4.75. The second-order valence-corrected chi connectivity index (χ2v) is 11.9. The van der Waals surface area contributed by atoms with E-state index in [9.17, 15) is 19.2 Å². The SMILES string of the molecule is CCCCCCCCOCC(COC(=O)CCCCCCCC(=O)OC(=O)CCCCCC(=O)O)OCCCCCCCC. The Kier molecular flexibility index (Phi) is 30.9. The Morgan fingerprint density at radius 3 is 1.48 bits per heavy atom. The van der Waals surface area contributed by atoms with E-state index in [-0.39, 0.29) is 37.9 Å². The first-order valence-electron chi connectivity index (χ1n) is 17.7. The number of carbonyl (C=O) groups excluding carboxylic acids is 3. The third-order valence-corrected chi connectivity index (χ3v) is 7.49. The van der Waals surface area contributed by atoms with Crippen molar-refractivity contribution in [2.45, 2.75) is 174 Å². The van der Waals surface area contributed by atoms with Gasteiger partial charge in [0, 0.05) is 38.9 Å². The molecule has 0 fully saturated rings. The summed E-state index contributed by atoms with van der Waals surface area (Å²) >= 11 is 0. The smallest absolute Gasteiger partial charge is 0.313 e. The fourth-order valence-corrected chi connectivity index (χ4v) is 4.75. The molecule has 0 saturated carbocycles. The number of carboxylic acid groups (broad SMARTS) is 1. The van der Waals surface area contributed by atoms with Crippen molar-refractivity contribution in [1.82, 2.24) is 0 Å². The van der Waals surface area contributed by atoms with E-state index in [0.717, 1.165) is 44.9 Å². The van der Waals surface area contributed by atoms with Gasteiger partial charge < -0.3 is 24.1 Å². The van der Waals surface area contributed by atoms with E-state index >= 15 is 0 Å². The van der Waals surface area contributed by atoms with Crippen LogP contribution in [0.2, 0.25) is 0 Å². The van der Waals surface area contributed by atoms with Gasteiger partial charge in [-0.15, -0.1) is 0 Å². The molecule has 0 radical (unpaired) electrons. The monoisotopic (exact) mass is 628 g/mol. The molecule has 9 heteroatoms. The van der Waals surface area contributed by atoms with Crippen molar-refractivity contribution in [2.24, 2.45) is 0 Å². The first-order valence-corrected chi connectivity index (χ1v) is 17.7. The van der Waals surface area contributed by atoms with Gasteiger partial charge in [0.05, 0.1) is 6.61 Å². The summed E-state index contributed by atoms with van der Waals surface area (Å²) in [6, 6.07) is 0. The lowest BCUT2D eigenvalue weighted by Crippen LogP contribution is -2.28. The quantitative estimate of drug-likeness (QED) is 0.0432. The zero-order valence-electron chi connectivity index (χ0n) is 28.1. The van der Waals surface area contributed by atoms with E-state index in [0.29, 0.717) is 51.9 Å². The molecule has 0 rings (SSSR count). The highest BCUT2D eigenvalue weighted by molar-refractivity contribution is 5.85. The van der Waals surface area contributed by atoms with Crippen molar-refractivity contribution in [2.75, 3.05) is 26.4 Å². The molecule has 0 bridgehead atoms. The molecule has 1 atom stereocenters. The topological polar surface area (TPSA) is 125 Å². The standard InChI is InChI=1S/C35H64O9/c1-3-5-7-9-14-21-27-41-29-31(42-28-22-15-10-8-6-4-2)30-43-33(38)24-18-12-11-13-19-25-34(39)44-35(40)26-20-16-17-23-32(36)37/h31H,3-30H2,1-2H3,(H,36,37). The first-order chi connectivity index (χ1) is 21.4. The lowest BCUT2D eigenvalue weighted by atomic mass is 10.1. The van der Waals surface area contributed by atoms with Crippen LogP contribution in [-0.4, -0.2) is 61.5 Å². The lowest BCUT2D eigenvalue weighted by Gasteiger charge is -2.18. The predicted molar refractivity (Wildman–Crippen MR) is 172 cm³/mol. The summed E-state index contributed by atoms with van der Waals surface area (Å²) in [7, 11) is 0. The van der Waals surface area contributed by atoms with E-state index < -0.39 is 17.9 Å². The van der Waals surface area contributed by atoms with Crippen LogP contribution in [0.1, 0.15) is 168 Å². The molecule has 44 heavy (non-hydrogen) atoms. The molecule has 0 aliphatic heterocycles. The lowest BCUT2D eigenvalue weighted by molar-refractivity contribution is -0.159. The van der Waals surface area contributed by atoms with E-state index in [1.54, 1.807) is 0 Å². The van der Waals surface area contributed by atoms with Crippen LogP contribution < -0.4 is 0 Å². The maximum absolute atomic E-state index is 12.3. The molecule has 0 aromatic carbocycles. The van der Waals surface area contributed by atoms with Crippen LogP contribution >= 0.6 is 0 Å². The van der Waals surface area contributed by atoms with Gasteiger partial charge in [-0.2, -0.15) is 0 Å². The third kappa shape index (κ3) is 31.4. The van der Waals surface area contributed by atoms with E-state index in [1.807, 2.05) is 0 Å². The van der Waals surface area contributed by atoms with Crippen molar-refractivity contribution in [3.05, 3.63) is 0 Å². The highest BCUT2D eigenvalue weighted by Crippen LogP contribution is 2.11. The summed E-state index contributed by atoms with van der Waals surface area (Å²) in [4.78, 5) is 46.3. The van der Waals surface area contributed by atoms with Gasteiger partial charge in [0.25, 0.3) is 0 Å². The van der Waals surface area contributed by atoms with Crippen LogP contribution in [0.15, 0.2) is 0 Å². The Morgan fingerprint density at radius 1 is 0.500 bits per heavy atom. The van der Waals surface area contributed by atoms with Crippen LogP contribution in [0.4, 0.5) is 0 Å². The van der Waals surface area contributed by atoms with Crippen LogP contribution in [0.25, 0.3) is 0 Å². The number of carbonyl (C=O) groups is 4. The Labute approximate surface area is 267 Å². The molecule has 0 saturated heterocycles. The number of ether oxygens (including phenoxy) is 4. The average molecular weight is 629 g/mol. The summed E-state index contributed by atoms with van der Waals surface area (Å²) in [6.45, 7) is 6.46. The van der Waals surface area contributed by atoms with Crippen LogP contribution in [0, 0.1) is 0 Å². The molecular formula is C35H64O9. The largest absolute Gasteiger partial charge is 0.481 e. The molecule has 258 valence electrons. The summed E-state index contributed by atoms with van der Waals surface area (Å²) in [5, 5.41) is 8.60. The Balaban J connectivity index is 4.00. The van der Waals surface area contributed by atoms with Gasteiger partial charge in [-0.05, 0) is 38.5 Å². The number of aliphatic carboxylic acids is 1. The van der Waals surface area contributed by atoms with Crippen LogP contribution in [0.3, 0.4) is 0 Å². The fraction of sp³-hybridized carbons (Fsp3) is 0.886. The molecule has 9 nitrogen and oxygen atoms in total. The average Bonchev–Trinajstić information content (AvgIpc) is 2.99. The molecule has 0 spiro atoms. The summed E-state index contributed by atoms with van der Waals surface area (Å²) in [5.41, 5.74) is 0. The van der Waals surface area contributed by atoms with Gasteiger partial charge in [-0.1, -0.05) is 104 Å². The van der Waals surface area contributed by atoms with E-state index in [4.69, 9.17) is 24.1 Å². The summed E-state index contributed by atoms with van der Waals surface area (Å²) < 4.78 is 22.2. The predicted octanol–water partition coefficient (Wildman–Crippen LogP) is 8.49. The van der Waals surface area contributed by atoms with Gasteiger partial charge in [0.15, 0.2) is 0 Å². The number of rotatable bonds is 33. The molecule has 1 N–H and O–H groups in total. The molecule has 0 heterocycles. The number of hydrogen-bond acceptors (Lipinski definition) is 8. The second-order valence-electron chi connectivity index (χ2n) is 11.9. The molecule has 1 unspecified atom stereocenters. The molecule has 0 aliphatic carbocycles. The second kappa shape index (κ2) is 32.4. The van der Waals surface area contributed by atoms with Gasteiger partial charge in [0.1, 0.15) is 12.7 Å². The van der Waals surface area contributed by atoms with Crippen molar-refractivity contribution >= 4 is 23.9 Å². The Morgan fingerprint density at radius 2 is 0.932 bits per heavy atom. The minimum absolute atomic E-state index is 0.0821. The Hall–Kier alpha value is -2.00. The summed E-state index contributed by atoms with van der Waals surface area (Å²) in [5.74, 6) is -2.15. The van der Waals surface area contributed by atoms with Crippen LogP contribution in [-0.2, 0) is 38.1 Å². The molecular weight excluding hydrogens is 564 g/mol. The Bertz CT molecular complexity index is 710. The maximum Gasteiger partial charge on any atom is 0.313 e. The minimum atomic E-state index is -0.851. The van der Waals surface area contributed by atoms with Gasteiger partial charge >= 0.3 is 23.9 Å². The normalized spacial score (nSPS) is 11.8. The minimum Gasteiger partial charge on any atom is -0.481 e. The number of carboxylic acids is 1. The molecule has 0 aliphatic rings. The van der Waals surface area contributed by atoms with E-state index in [1.165, 1.54) is 57.8 Å². The van der Waals surface area contributed by atoms with Crippen molar-refractivity contribution < 1.29 is 43.2 Å². The number of hydrogen-bond donors (Lipinski definition) is 1. The van der Waals surface area contributed by atoms with Crippen molar-refractivity contribution in [3.8, 4) is 0 Å². The maximum atomic E-state index is 12.3. The number of unbranched alkanes of at least 4 members (excludes halogenated alkanes) is 16. The van der Waals surface area contributed by atoms with E-state index in [2.05, 4.69) is 13.8 Å².